The van der Waals surface area contributed by atoms with Gasteiger partial charge in [-0.05, 0) is 49.1 Å². The summed E-state index contributed by atoms with van der Waals surface area (Å²) in [6, 6.07) is 7.41. The van der Waals surface area contributed by atoms with Gasteiger partial charge in [0.15, 0.2) is 5.82 Å². The predicted molar refractivity (Wildman–Crippen MR) is 123 cm³/mol. The number of thiophene rings is 1. The molecule has 6 rings (SSSR count). The van der Waals surface area contributed by atoms with E-state index in [1.165, 1.54) is 18.4 Å². The summed E-state index contributed by atoms with van der Waals surface area (Å²) < 4.78 is 47.0. The van der Waals surface area contributed by atoms with E-state index < -0.39 is 23.1 Å². The summed E-state index contributed by atoms with van der Waals surface area (Å²) >= 11 is 1.53. The van der Waals surface area contributed by atoms with Crippen molar-refractivity contribution in [3.63, 3.8) is 0 Å². The largest absolute Gasteiger partial charge is 0.465 e. The Balaban J connectivity index is 1.46. The van der Waals surface area contributed by atoms with Gasteiger partial charge in [0.1, 0.15) is 11.4 Å². The maximum absolute atomic E-state index is 13.4. The molecule has 3 saturated carbocycles. The highest BCUT2D eigenvalue weighted by atomic mass is 32.1. The van der Waals surface area contributed by atoms with E-state index in [-0.39, 0.29) is 30.6 Å². The monoisotopic (exact) mass is 490 g/mol. The number of hydrogen-bond donors (Lipinski definition) is 1. The fourth-order valence-electron chi connectivity index (χ4n) is 5.24. The highest BCUT2D eigenvalue weighted by Gasteiger charge is 2.80. The van der Waals surface area contributed by atoms with Crippen LogP contribution in [-0.4, -0.2) is 34.0 Å². The summed E-state index contributed by atoms with van der Waals surface area (Å²) in [6.07, 6.45) is -1.62. The van der Waals surface area contributed by atoms with Gasteiger partial charge >= 0.3 is 12.1 Å². The first kappa shape index (κ1) is 22.9. The number of methoxy groups -OCH3 is 1. The number of hydrogen-bond acceptors (Lipinski definition) is 6. The van der Waals surface area contributed by atoms with Gasteiger partial charge in [0, 0.05) is 28.4 Å². The van der Waals surface area contributed by atoms with Crippen LogP contribution in [0.25, 0.3) is 10.4 Å². The quantitative estimate of drug-likeness (QED) is 0.401. The third-order valence-corrected chi connectivity index (χ3v) is 7.72. The Labute approximate surface area is 199 Å². The molecule has 3 aromatic heterocycles. The van der Waals surface area contributed by atoms with E-state index in [9.17, 15) is 18.0 Å². The first-order chi connectivity index (χ1) is 16.1. The Morgan fingerprint density at radius 1 is 1.29 bits per heavy atom. The lowest BCUT2D eigenvalue weighted by atomic mass is 9.39. The number of alkyl halides is 3. The van der Waals surface area contributed by atoms with Gasteiger partial charge in [-0.2, -0.15) is 18.3 Å². The highest BCUT2D eigenvalue weighted by molar-refractivity contribution is 7.13. The SMILES string of the molecule is COC(=O)c1cc(-c2cccs2)cnc1Nc1cc(CC(C)C)n(C23CC(C(F)(F)F)(C2)C3)n1. The molecule has 3 aliphatic rings. The number of aromatic nitrogens is 3. The number of anilines is 2. The second kappa shape index (κ2) is 7.83. The zero-order valence-electron chi connectivity index (χ0n) is 19.1. The molecule has 3 aliphatic carbocycles. The van der Waals surface area contributed by atoms with Gasteiger partial charge in [-0.15, -0.1) is 11.3 Å². The third-order valence-electron chi connectivity index (χ3n) is 6.80. The molecule has 0 aliphatic heterocycles. The lowest BCUT2D eigenvalue weighted by Gasteiger charge is -2.70. The lowest BCUT2D eigenvalue weighted by molar-refractivity contribution is -0.356. The lowest BCUT2D eigenvalue weighted by Crippen LogP contribution is -2.73. The molecule has 0 spiro atoms. The Morgan fingerprint density at radius 2 is 2.03 bits per heavy atom. The highest BCUT2D eigenvalue weighted by Crippen LogP contribution is 2.76. The molecule has 3 heterocycles. The standard InChI is InChI=1S/C24H25F3N4O2S/c1-14(2)7-16-9-19(30-31(16)23-11-22(12-23,13-23)24(25,26)27)29-20-17(21(32)33-3)8-15(10-28-20)18-5-4-6-34-18/h4-6,8-10,14H,7,11-13H2,1-3H3,(H,28,29,30). The number of carbonyl (C=O) groups is 1. The van der Waals surface area contributed by atoms with E-state index in [1.807, 2.05) is 23.6 Å². The van der Waals surface area contributed by atoms with Crippen LogP contribution in [0.1, 0.15) is 49.2 Å². The Kier molecular flexibility index (Phi) is 5.27. The molecular weight excluding hydrogens is 465 g/mol. The molecule has 34 heavy (non-hydrogen) atoms. The predicted octanol–water partition coefficient (Wildman–Crippen LogP) is 6.18. The number of halogens is 3. The number of nitrogens with one attached hydrogen (secondary N) is 1. The molecule has 0 aromatic carbocycles. The average Bonchev–Trinajstić information content (AvgIpc) is 3.35. The minimum atomic E-state index is -4.18. The van der Waals surface area contributed by atoms with Crippen LogP contribution in [0.15, 0.2) is 35.8 Å². The second-order valence-corrected chi connectivity index (χ2v) is 10.7. The first-order valence-electron chi connectivity index (χ1n) is 11.1. The molecule has 1 N–H and O–H groups in total. The number of esters is 1. The fourth-order valence-corrected chi connectivity index (χ4v) is 5.95. The topological polar surface area (TPSA) is 69.0 Å². The van der Waals surface area contributed by atoms with Gasteiger partial charge in [0.25, 0.3) is 0 Å². The molecule has 0 atom stereocenters. The molecule has 0 radical (unpaired) electrons. The molecule has 3 fully saturated rings. The van der Waals surface area contributed by atoms with Gasteiger partial charge in [-0.25, -0.2) is 9.78 Å². The summed E-state index contributed by atoms with van der Waals surface area (Å²) in [6.45, 7) is 4.12. The van der Waals surface area contributed by atoms with Crippen molar-refractivity contribution >= 4 is 28.9 Å². The Morgan fingerprint density at radius 3 is 2.62 bits per heavy atom. The van der Waals surface area contributed by atoms with Crippen LogP contribution < -0.4 is 5.32 Å². The van der Waals surface area contributed by atoms with Gasteiger partial charge < -0.3 is 10.1 Å². The van der Waals surface area contributed by atoms with E-state index >= 15 is 0 Å². The van der Waals surface area contributed by atoms with E-state index in [2.05, 4.69) is 29.2 Å². The van der Waals surface area contributed by atoms with Crippen LogP contribution in [0.2, 0.25) is 0 Å². The zero-order chi connectivity index (χ0) is 24.3. The van der Waals surface area contributed by atoms with Crippen LogP contribution in [0.4, 0.5) is 24.8 Å². The van der Waals surface area contributed by atoms with Gasteiger partial charge in [0.05, 0.1) is 18.1 Å². The molecule has 10 heteroatoms. The fraction of sp³-hybridized carbons (Fsp3) is 0.458. The van der Waals surface area contributed by atoms with Crippen molar-refractivity contribution in [2.75, 3.05) is 12.4 Å². The van der Waals surface area contributed by atoms with E-state index in [4.69, 9.17) is 4.74 Å². The van der Waals surface area contributed by atoms with E-state index in [0.29, 0.717) is 18.2 Å². The van der Waals surface area contributed by atoms with Crippen LogP contribution in [0, 0.1) is 11.3 Å². The van der Waals surface area contributed by atoms with Gasteiger partial charge in [-0.1, -0.05) is 19.9 Å². The van der Waals surface area contributed by atoms with Crippen LogP contribution >= 0.6 is 11.3 Å². The number of ether oxygens (including phenoxy) is 1. The molecule has 3 aromatic rings. The Bertz CT molecular complexity index is 1210. The van der Waals surface area contributed by atoms with Crippen molar-refractivity contribution in [1.82, 2.24) is 14.8 Å². The molecule has 180 valence electrons. The second-order valence-electron chi connectivity index (χ2n) is 9.78. The molecule has 0 unspecified atom stereocenters. The van der Waals surface area contributed by atoms with Gasteiger partial charge in [0.2, 0.25) is 0 Å². The van der Waals surface area contributed by atoms with Crippen molar-refractivity contribution in [1.29, 1.82) is 0 Å². The number of rotatable bonds is 7. The van der Waals surface area contributed by atoms with Crippen LogP contribution in [0.5, 0.6) is 0 Å². The maximum Gasteiger partial charge on any atom is 0.394 e. The van der Waals surface area contributed by atoms with Crippen molar-refractivity contribution < 1.29 is 22.7 Å². The summed E-state index contributed by atoms with van der Waals surface area (Å²) in [5.74, 6) is 0.503. The van der Waals surface area contributed by atoms with E-state index in [0.717, 1.165) is 16.1 Å². The van der Waals surface area contributed by atoms with Crippen molar-refractivity contribution in [2.24, 2.45) is 11.3 Å². The van der Waals surface area contributed by atoms with Crippen molar-refractivity contribution in [2.45, 2.75) is 51.2 Å². The summed E-state index contributed by atoms with van der Waals surface area (Å²) in [5, 5.41) is 9.70. The first-order valence-corrected chi connectivity index (χ1v) is 12.0. The molecular formula is C24H25F3N4O2S. The average molecular weight is 491 g/mol. The smallest absolute Gasteiger partial charge is 0.394 e. The molecule has 0 amide bonds. The number of pyridine rings is 1. The minimum Gasteiger partial charge on any atom is -0.465 e. The number of carbonyl (C=O) groups excluding carboxylic acids is 1. The normalized spacial score (nSPS) is 23.4. The summed E-state index contributed by atoms with van der Waals surface area (Å²) in [5.41, 5.74) is -0.212. The molecule has 6 nitrogen and oxygen atoms in total. The van der Waals surface area contributed by atoms with Crippen molar-refractivity contribution in [3.05, 3.63) is 47.1 Å². The van der Waals surface area contributed by atoms with Gasteiger partial charge in [-0.3, -0.25) is 4.68 Å². The molecule has 2 bridgehead atoms. The number of nitrogens with zero attached hydrogens (tertiary/aromatic N) is 3. The third kappa shape index (κ3) is 3.59. The Hall–Kier alpha value is -2.88. The zero-order valence-corrected chi connectivity index (χ0v) is 19.9. The van der Waals surface area contributed by atoms with Crippen molar-refractivity contribution in [3.8, 4) is 10.4 Å². The van der Waals surface area contributed by atoms with Crippen LogP contribution in [-0.2, 0) is 16.7 Å². The minimum absolute atomic E-state index is 0.0664. The van der Waals surface area contributed by atoms with E-state index in [1.54, 1.807) is 16.9 Å². The maximum atomic E-state index is 13.4. The summed E-state index contributed by atoms with van der Waals surface area (Å²) in [4.78, 5) is 17.9. The molecule has 0 saturated heterocycles. The van der Waals surface area contributed by atoms with Crippen LogP contribution in [0.3, 0.4) is 0 Å². The summed E-state index contributed by atoms with van der Waals surface area (Å²) in [7, 11) is 1.30.